The van der Waals surface area contributed by atoms with Crippen molar-refractivity contribution in [1.82, 2.24) is 10.2 Å². The lowest BCUT2D eigenvalue weighted by Gasteiger charge is -2.27. The molecule has 0 heterocycles. The topological polar surface area (TPSA) is 58.4 Å². The second-order valence-electron chi connectivity index (χ2n) is 7.01. The van der Waals surface area contributed by atoms with E-state index in [0.717, 1.165) is 38.6 Å². The third-order valence-corrected chi connectivity index (χ3v) is 4.09. The Labute approximate surface area is 124 Å². The van der Waals surface area contributed by atoms with Crippen LogP contribution in [0.3, 0.4) is 0 Å². The Morgan fingerprint density at radius 3 is 2.50 bits per heavy atom. The Morgan fingerprint density at radius 2 is 1.90 bits per heavy atom. The van der Waals surface area contributed by atoms with Crippen molar-refractivity contribution < 1.29 is 4.79 Å². The van der Waals surface area contributed by atoms with Gasteiger partial charge in [0.15, 0.2) is 0 Å². The third kappa shape index (κ3) is 6.23. The van der Waals surface area contributed by atoms with Crippen LogP contribution in [0, 0.1) is 11.8 Å². The molecule has 0 bridgehead atoms. The van der Waals surface area contributed by atoms with E-state index >= 15 is 0 Å². The molecule has 118 valence electrons. The van der Waals surface area contributed by atoms with Gasteiger partial charge in [-0.25, -0.2) is 0 Å². The van der Waals surface area contributed by atoms with Gasteiger partial charge in [-0.3, -0.25) is 4.79 Å². The van der Waals surface area contributed by atoms with E-state index in [4.69, 9.17) is 5.73 Å². The van der Waals surface area contributed by atoms with E-state index in [1.807, 2.05) is 0 Å². The summed E-state index contributed by atoms with van der Waals surface area (Å²) >= 11 is 0. The van der Waals surface area contributed by atoms with E-state index in [9.17, 15) is 4.79 Å². The van der Waals surface area contributed by atoms with Gasteiger partial charge in [-0.2, -0.15) is 0 Å². The minimum atomic E-state index is 0.00863. The van der Waals surface area contributed by atoms with E-state index in [-0.39, 0.29) is 23.9 Å². The van der Waals surface area contributed by atoms with E-state index in [1.54, 1.807) is 0 Å². The number of nitrogens with zero attached hydrogens (tertiary/aromatic N) is 1. The summed E-state index contributed by atoms with van der Waals surface area (Å²) in [6, 6.07) is 0.268. The number of nitrogens with two attached hydrogens (primary N) is 1. The fourth-order valence-corrected chi connectivity index (χ4v) is 3.16. The molecule has 1 saturated carbocycles. The van der Waals surface area contributed by atoms with Crippen LogP contribution in [-0.4, -0.2) is 43.5 Å². The van der Waals surface area contributed by atoms with Crippen molar-refractivity contribution in [3.63, 3.8) is 0 Å². The highest BCUT2D eigenvalue weighted by Crippen LogP contribution is 2.22. The maximum Gasteiger partial charge on any atom is 0.224 e. The van der Waals surface area contributed by atoms with Crippen molar-refractivity contribution in [2.75, 3.05) is 20.6 Å². The maximum absolute atomic E-state index is 12.5. The fraction of sp³-hybridized carbons (Fsp3) is 0.938. The molecule has 0 aromatic rings. The molecule has 0 spiro atoms. The van der Waals surface area contributed by atoms with Crippen LogP contribution in [-0.2, 0) is 4.79 Å². The van der Waals surface area contributed by atoms with Crippen LogP contribution in [0.5, 0.6) is 0 Å². The van der Waals surface area contributed by atoms with E-state index < -0.39 is 0 Å². The van der Waals surface area contributed by atoms with Crippen molar-refractivity contribution in [2.45, 2.75) is 64.5 Å². The van der Waals surface area contributed by atoms with Gasteiger partial charge in [0, 0.05) is 18.6 Å². The average molecular weight is 283 g/mol. The normalized spacial score (nSPS) is 25.6. The highest BCUT2D eigenvalue weighted by molar-refractivity contribution is 5.79. The first-order chi connectivity index (χ1) is 9.40. The van der Waals surface area contributed by atoms with Crippen LogP contribution < -0.4 is 11.1 Å². The number of carbonyl (C=O) groups excluding carboxylic acids is 1. The Morgan fingerprint density at radius 1 is 1.25 bits per heavy atom. The van der Waals surface area contributed by atoms with Gasteiger partial charge in [-0.15, -0.1) is 0 Å². The average Bonchev–Trinajstić information content (AvgIpc) is 2.51. The molecule has 1 fully saturated rings. The molecular weight excluding hydrogens is 250 g/mol. The molecular formula is C16H33N3O. The number of likely N-dealkylation sites (N-methyl/N-ethyl adjacent to an activating group) is 1. The lowest BCUT2D eigenvalue weighted by atomic mass is 9.93. The molecule has 3 atom stereocenters. The second kappa shape index (κ2) is 8.63. The molecule has 1 rings (SSSR count). The van der Waals surface area contributed by atoms with Gasteiger partial charge in [0.1, 0.15) is 0 Å². The fourth-order valence-electron chi connectivity index (χ4n) is 3.16. The molecule has 0 aromatic heterocycles. The summed E-state index contributed by atoms with van der Waals surface area (Å²) in [5, 5.41) is 3.25. The third-order valence-electron chi connectivity index (χ3n) is 4.09. The predicted octanol–water partition coefficient (Wildman–Crippen LogP) is 1.99. The molecule has 3 N–H and O–H groups in total. The zero-order chi connectivity index (χ0) is 15.1. The summed E-state index contributed by atoms with van der Waals surface area (Å²) in [4.78, 5) is 14.7. The summed E-state index contributed by atoms with van der Waals surface area (Å²) in [7, 11) is 4.10. The van der Waals surface area contributed by atoms with Crippen molar-refractivity contribution in [3.8, 4) is 0 Å². The van der Waals surface area contributed by atoms with Crippen molar-refractivity contribution >= 4 is 5.91 Å². The van der Waals surface area contributed by atoms with E-state index in [2.05, 4.69) is 38.2 Å². The van der Waals surface area contributed by atoms with Crippen molar-refractivity contribution in [1.29, 1.82) is 0 Å². The summed E-state index contributed by atoms with van der Waals surface area (Å²) in [6.45, 7) is 5.30. The molecule has 0 saturated heterocycles. The van der Waals surface area contributed by atoms with Gasteiger partial charge >= 0.3 is 0 Å². The number of amides is 1. The molecule has 20 heavy (non-hydrogen) atoms. The molecule has 3 unspecified atom stereocenters. The van der Waals surface area contributed by atoms with Crippen LogP contribution in [0.1, 0.15) is 52.4 Å². The smallest absolute Gasteiger partial charge is 0.224 e. The monoisotopic (exact) mass is 283 g/mol. The number of rotatable bonds is 6. The zero-order valence-electron chi connectivity index (χ0n) is 13.7. The van der Waals surface area contributed by atoms with Crippen LogP contribution in [0.25, 0.3) is 0 Å². The first-order valence-electron chi connectivity index (χ1n) is 8.10. The van der Waals surface area contributed by atoms with Crippen molar-refractivity contribution in [3.05, 3.63) is 0 Å². The SMILES string of the molecule is CC(C)CC(CN(C)C)NC(=O)C1CCCCCC1N. The molecule has 1 aliphatic carbocycles. The summed E-state index contributed by atoms with van der Waals surface area (Å²) < 4.78 is 0. The quantitative estimate of drug-likeness (QED) is 0.733. The Kier molecular flexibility index (Phi) is 7.52. The van der Waals surface area contributed by atoms with Gasteiger partial charge < -0.3 is 16.0 Å². The first-order valence-corrected chi connectivity index (χ1v) is 8.10. The predicted molar refractivity (Wildman–Crippen MR) is 84.5 cm³/mol. The van der Waals surface area contributed by atoms with E-state index in [1.165, 1.54) is 6.42 Å². The van der Waals surface area contributed by atoms with Crippen LogP contribution in [0.15, 0.2) is 0 Å². The molecule has 0 radical (unpaired) electrons. The molecule has 1 aliphatic rings. The molecule has 0 aliphatic heterocycles. The van der Waals surface area contributed by atoms with E-state index in [0.29, 0.717) is 5.92 Å². The Balaban J connectivity index is 2.58. The Bertz CT molecular complexity index is 281. The first kappa shape index (κ1) is 17.4. The van der Waals surface area contributed by atoms with Gasteiger partial charge in [-0.05, 0) is 39.3 Å². The molecule has 0 aromatic carbocycles. The minimum absolute atomic E-state index is 0.00863. The highest BCUT2D eigenvalue weighted by Gasteiger charge is 2.28. The number of hydrogen-bond acceptors (Lipinski definition) is 3. The zero-order valence-corrected chi connectivity index (χ0v) is 13.7. The van der Waals surface area contributed by atoms with Crippen LogP contribution in [0.4, 0.5) is 0 Å². The standard InChI is InChI=1S/C16H33N3O/c1-12(2)10-13(11-19(3)4)18-16(20)14-8-6-5-7-9-15(14)17/h12-15H,5-11,17H2,1-4H3,(H,18,20). The van der Waals surface area contributed by atoms with Gasteiger partial charge in [0.2, 0.25) is 5.91 Å². The lowest BCUT2D eigenvalue weighted by Crippen LogP contribution is -2.48. The molecule has 4 nitrogen and oxygen atoms in total. The van der Waals surface area contributed by atoms with Crippen LogP contribution >= 0.6 is 0 Å². The maximum atomic E-state index is 12.5. The van der Waals surface area contributed by atoms with Crippen LogP contribution in [0.2, 0.25) is 0 Å². The number of carbonyl (C=O) groups is 1. The number of nitrogens with one attached hydrogen (secondary N) is 1. The van der Waals surface area contributed by atoms with Gasteiger partial charge in [0.05, 0.1) is 5.92 Å². The van der Waals surface area contributed by atoms with Gasteiger partial charge in [0.25, 0.3) is 0 Å². The summed E-state index contributed by atoms with van der Waals surface area (Å²) in [5.74, 6) is 0.768. The molecule has 1 amide bonds. The second-order valence-corrected chi connectivity index (χ2v) is 7.01. The lowest BCUT2D eigenvalue weighted by molar-refractivity contribution is -0.126. The highest BCUT2D eigenvalue weighted by atomic mass is 16.2. The summed E-state index contributed by atoms with van der Waals surface area (Å²) in [5.41, 5.74) is 6.19. The minimum Gasteiger partial charge on any atom is -0.352 e. The largest absolute Gasteiger partial charge is 0.352 e. The molecule has 4 heteroatoms. The summed E-state index contributed by atoms with van der Waals surface area (Å²) in [6.07, 6.45) is 6.47. The van der Waals surface area contributed by atoms with Gasteiger partial charge in [-0.1, -0.05) is 33.1 Å². The number of hydrogen-bond donors (Lipinski definition) is 2. The Hall–Kier alpha value is -0.610. The van der Waals surface area contributed by atoms with Crippen molar-refractivity contribution in [2.24, 2.45) is 17.6 Å².